The first kappa shape index (κ1) is 25.7. The molecule has 4 rings (SSSR count). The number of hydrogen-bond acceptors (Lipinski definition) is 7. The second-order valence-corrected chi connectivity index (χ2v) is 9.16. The van der Waals surface area contributed by atoms with Gasteiger partial charge in [-0.3, -0.25) is 14.6 Å². The van der Waals surface area contributed by atoms with Crippen LogP contribution in [0.2, 0.25) is 0 Å². The van der Waals surface area contributed by atoms with Gasteiger partial charge in [0.1, 0.15) is 11.7 Å². The van der Waals surface area contributed by atoms with Gasteiger partial charge in [-0.25, -0.2) is 4.98 Å². The molecule has 0 saturated carbocycles. The van der Waals surface area contributed by atoms with E-state index in [1.807, 2.05) is 62.4 Å². The minimum absolute atomic E-state index is 0.108. The van der Waals surface area contributed by atoms with Crippen molar-refractivity contribution in [3.05, 3.63) is 102 Å². The summed E-state index contributed by atoms with van der Waals surface area (Å²) < 4.78 is 11.6. The lowest BCUT2D eigenvalue weighted by Crippen LogP contribution is -2.55. The topological polar surface area (TPSA) is 123 Å². The van der Waals surface area contributed by atoms with Crippen molar-refractivity contribution in [1.82, 2.24) is 20.6 Å². The Hall–Kier alpha value is -4.34. The van der Waals surface area contributed by atoms with Crippen molar-refractivity contribution in [3.63, 3.8) is 0 Å². The maximum atomic E-state index is 13.5. The molecule has 0 radical (unpaired) electrons. The Kier molecular flexibility index (Phi) is 8.40. The van der Waals surface area contributed by atoms with Gasteiger partial charge in [-0.05, 0) is 17.9 Å². The Morgan fingerprint density at radius 2 is 1.68 bits per heavy atom. The van der Waals surface area contributed by atoms with E-state index in [9.17, 15) is 14.7 Å². The first-order valence-electron chi connectivity index (χ1n) is 12.1. The summed E-state index contributed by atoms with van der Waals surface area (Å²) in [6.07, 6.45) is 5.00. The Balaban J connectivity index is 1.52. The number of carbonyl (C=O) groups excluding carboxylic acids is 2. The minimum Gasteiger partial charge on any atom is -0.519 e. The zero-order chi connectivity index (χ0) is 26.2. The van der Waals surface area contributed by atoms with Gasteiger partial charge in [0.15, 0.2) is 5.76 Å². The van der Waals surface area contributed by atoms with Gasteiger partial charge in [0.25, 0.3) is 5.91 Å². The molecule has 190 valence electrons. The van der Waals surface area contributed by atoms with E-state index in [-0.39, 0.29) is 29.7 Å². The first-order chi connectivity index (χ1) is 17.9. The van der Waals surface area contributed by atoms with E-state index in [2.05, 4.69) is 20.6 Å². The fourth-order valence-corrected chi connectivity index (χ4v) is 4.04. The summed E-state index contributed by atoms with van der Waals surface area (Å²) in [6, 6.07) is 17.6. The Labute approximate surface area is 216 Å². The van der Waals surface area contributed by atoms with Crippen LogP contribution in [-0.2, 0) is 20.5 Å². The molecule has 1 aromatic heterocycles. The average molecular weight is 500 g/mol. The molecule has 0 saturated heterocycles. The molecule has 2 heterocycles. The largest absolute Gasteiger partial charge is 0.621 e. The molecule has 0 spiro atoms. The molecule has 0 aliphatic carbocycles. The van der Waals surface area contributed by atoms with Gasteiger partial charge in [0.2, 0.25) is 5.91 Å². The summed E-state index contributed by atoms with van der Waals surface area (Å²) in [6.45, 7) is 4.02. The molecule has 3 N–H and O–H groups in total. The third-order valence-electron chi connectivity index (χ3n) is 5.77. The molecule has 1 aliphatic heterocycles. The highest BCUT2D eigenvalue weighted by molar-refractivity contribution is 6.49. The molecule has 2 amide bonds. The maximum Gasteiger partial charge on any atom is 0.621 e. The summed E-state index contributed by atoms with van der Waals surface area (Å²) in [5.41, 5.74) is 1.65. The molecule has 0 bridgehead atoms. The molecule has 0 fully saturated rings. The van der Waals surface area contributed by atoms with Crippen LogP contribution in [0, 0.1) is 5.92 Å². The van der Waals surface area contributed by atoms with E-state index in [4.69, 9.17) is 9.31 Å². The first-order valence-corrected chi connectivity index (χ1v) is 12.1. The smallest absolute Gasteiger partial charge is 0.519 e. The number of benzene rings is 2. The van der Waals surface area contributed by atoms with Crippen LogP contribution in [-0.4, -0.2) is 46.0 Å². The van der Waals surface area contributed by atoms with Crippen LogP contribution in [0.5, 0.6) is 0 Å². The molecular weight excluding hydrogens is 471 g/mol. The average Bonchev–Trinajstić information content (AvgIpc) is 3.30. The van der Waals surface area contributed by atoms with Crippen LogP contribution in [0.25, 0.3) is 5.76 Å². The summed E-state index contributed by atoms with van der Waals surface area (Å²) in [5, 5.41) is 16.2. The van der Waals surface area contributed by atoms with Crippen LogP contribution >= 0.6 is 0 Å². The maximum absolute atomic E-state index is 13.5. The van der Waals surface area contributed by atoms with Gasteiger partial charge in [-0.15, -0.1) is 0 Å². The SMILES string of the molecule is CC(C)C[C@H](NC(=O)[C@H](Cc1ccccc1)NC(=O)c1cnccn1)B1OC(O)=C(c2ccccc2)O1. The molecule has 9 nitrogen and oxygen atoms in total. The standard InChI is InChI=1S/C27H29BN4O5/c1-18(2)15-23(28-36-24(27(35)37-28)20-11-7-4-8-12-20)32-25(33)21(16-19-9-5-3-6-10-19)31-26(34)22-17-29-13-14-30-22/h3-14,17-18,21,23,35H,15-16H2,1-2H3,(H,31,34)(H,32,33)/t21-,23-/m0/s1. The van der Waals surface area contributed by atoms with Gasteiger partial charge in [-0.2, -0.15) is 0 Å². The summed E-state index contributed by atoms with van der Waals surface area (Å²) >= 11 is 0. The lowest BCUT2D eigenvalue weighted by Gasteiger charge is -2.25. The number of carbonyl (C=O) groups is 2. The molecule has 0 unspecified atom stereocenters. The number of nitrogens with zero attached hydrogens (tertiary/aromatic N) is 2. The van der Waals surface area contributed by atoms with E-state index in [0.29, 0.717) is 12.0 Å². The Morgan fingerprint density at radius 1 is 0.973 bits per heavy atom. The van der Waals surface area contributed by atoms with E-state index in [0.717, 1.165) is 5.56 Å². The van der Waals surface area contributed by atoms with Crippen molar-refractivity contribution in [2.45, 2.75) is 38.7 Å². The highest BCUT2D eigenvalue weighted by atomic mass is 16.7. The van der Waals surface area contributed by atoms with Gasteiger partial charge in [0, 0.05) is 24.4 Å². The van der Waals surface area contributed by atoms with Crippen LogP contribution in [0.15, 0.2) is 85.2 Å². The quantitative estimate of drug-likeness (QED) is 0.365. The highest BCUT2D eigenvalue weighted by Gasteiger charge is 2.44. The van der Waals surface area contributed by atoms with Crippen molar-refractivity contribution in [2.24, 2.45) is 5.92 Å². The molecule has 3 aromatic rings. The lowest BCUT2D eigenvalue weighted by atomic mass is 9.74. The predicted octanol–water partition coefficient (Wildman–Crippen LogP) is 3.31. The van der Waals surface area contributed by atoms with Crippen LogP contribution in [0.3, 0.4) is 0 Å². The zero-order valence-electron chi connectivity index (χ0n) is 20.7. The number of aliphatic hydroxyl groups excluding tert-OH is 1. The van der Waals surface area contributed by atoms with Crippen molar-refractivity contribution >= 4 is 24.7 Å². The number of nitrogens with one attached hydrogen (secondary N) is 2. The van der Waals surface area contributed by atoms with E-state index < -0.39 is 30.9 Å². The number of hydrogen-bond donors (Lipinski definition) is 3. The highest BCUT2D eigenvalue weighted by Crippen LogP contribution is 2.29. The van der Waals surface area contributed by atoms with Crippen molar-refractivity contribution in [1.29, 1.82) is 0 Å². The molecule has 2 aromatic carbocycles. The fourth-order valence-electron chi connectivity index (χ4n) is 4.04. The van der Waals surface area contributed by atoms with Gasteiger partial charge in [-0.1, -0.05) is 74.5 Å². The molecule has 37 heavy (non-hydrogen) atoms. The molecule has 1 aliphatic rings. The summed E-state index contributed by atoms with van der Waals surface area (Å²) in [7, 11) is -0.936. The second-order valence-electron chi connectivity index (χ2n) is 9.16. The lowest BCUT2D eigenvalue weighted by molar-refractivity contribution is -0.123. The molecule has 10 heteroatoms. The van der Waals surface area contributed by atoms with Gasteiger partial charge < -0.3 is 25.0 Å². The second kappa shape index (κ2) is 12.1. The van der Waals surface area contributed by atoms with Gasteiger partial charge >= 0.3 is 13.1 Å². The molecule has 2 atom stereocenters. The predicted molar refractivity (Wildman–Crippen MR) is 139 cm³/mol. The summed E-state index contributed by atoms with van der Waals surface area (Å²) in [5.74, 6) is -1.46. The number of amides is 2. The van der Waals surface area contributed by atoms with Crippen LogP contribution < -0.4 is 10.6 Å². The zero-order valence-corrected chi connectivity index (χ0v) is 20.7. The number of aliphatic hydroxyl groups is 1. The monoisotopic (exact) mass is 500 g/mol. The normalized spacial score (nSPS) is 14.5. The van der Waals surface area contributed by atoms with E-state index in [1.165, 1.54) is 18.6 Å². The molecular formula is C27H29BN4O5. The Morgan fingerprint density at radius 3 is 2.32 bits per heavy atom. The van der Waals surface area contributed by atoms with E-state index in [1.54, 1.807) is 12.1 Å². The third kappa shape index (κ3) is 6.87. The van der Waals surface area contributed by atoms with Crippen molar-refractivity contribution < 1.29 is 24.0 Å². The fraction of sp³-hybridized carbons (Fsp3) is 0.259. The van der Waals surface area contributed by atoms with Crippen molar-refractivity contribution in [2.75, 3.05) is 0 Å². The number of rotatable bonds is 10. The van der Waals surface area contributed by atoms with Crippen LogP contribution in [0.4, 0.5) is 0 Å². The van der Waals surface area contributed by atoms with Gasteiger partial charge in [0.05, 0.1) is 12.1 Å². The third-order valence-corrected chi connectivity index (χ3v) is 5.77. The van der Waals surface area contributed by atoms with Crippen LogP contribution in [0.1, 0.15) is 41.9 Å². The Bertz CT molecular complexity index is 1230. The number of aromatic nitrogens is 2. The van der Waals surface area contributed by atoms with Crippen molar-refractivity contribution in [3.8, 4) is 0 Å². The van der Waals surface area contributed by atoms with E-state index >= 15 is 0 Å². The minimum atomic E-state index is -0.936. The summed E-state index contributed by atoms with van der Waals surface area (Å²) in [4.78, 5) is 34.3.